The van der Waals surface area contributed by atoms with Crippen molar-refractivity contribution in [3.63, 3.8) is 0 Å². The molecule has 0 aliphatic carbocycles. The van der Waals surface area contributed by atoms with Crippen LogP contribution in [0.2, 0.25) is 0 Å². The van der Waals surface area contributed by atoms with E-state index in [1.165, 1.54) is 24.3 Å². The first-order valence-electron chi connectivity index (χ1n) is 9.18. The Morgan fingerprint density at radius 3 is 2.61 bits per heavy atom. The van der Waals surface area contributed by atoms with E-state index in [1.54, 1.807) is 12.1 Å². The molecule has 5 rings (SSSR count). The van der Waals surface area contributed by atoms with Crippen molar-refractivity contribution in [3.05, 3.63) is 78.8 Å². The minimum absolute atomic E-state index is 0.0990. The fourth-order valence-electron chi connectivity index (χ4n) is 3.85. The van der Waals surface area contributed by atoms with Gasteiger partial charge in [0.25, 0.3) is 5.69 Å². The van der Waals surface area contributed by atoms with Crippen LogP contribution in [0.5, 0.6) is 5.75 Å². The van der Waals surface area contributed by atoms with E-state index in [0.29, 0.717) is 21.3 Å². The van der Waals surface area contributed by atoms with Crippen LogP contribution in [0.25, 0.3) is 0 Å². The first-order valence-corrected chi connectivity index (χ1v) is 10.9. The lowest BCUT2D eigenvalue weighted by molar-refractivity contribution is -0.384. The zero-order valence-electron chi connectivity index (χ0n) is 15.6. The molecule has 9 nitrogen and oxygen atoms in total. The number of carbonyl (C=O) groups is 2. The SMILES string of the molecule is O=C1Oc2ccccc2[C@@H]2c3sc(=O)[nH]c3S[C@H](C(=O)Nc3ccc([N+](=O)[O-])cc3)[C@H]12. The standard InChI is InChI=1S/C20H13N3O6S2/c24-17(21-9-5-7-10(8-6-9)23(27)28)15-14-13(16-18(30-15)22-20(26)31-16)11-3-1-2-4-12(11)29-19(14)25/h1-8,13-15H,(H,21,24)(H,22,26)/t13-,14+,15-/m0/s1. The number of rotatable bonds is 3. The molecule has 0 fully saturated rings. The zero-order valence-corrected chi connectivity index (χ0v) is 17.2. The third-order valence-electron chi connectivity index (χ3n) is 5.20. The van der Waals surface area contributed by atoms with Crippen LogP contribution in [0.1, 0.15) is 16.4 Å². The van der Waals surface area contributed by atoms with E-state index in [4.69, 9.17) is 4.74 Å². The first-order chi connectivity index (χ1) is 14.9. The third kappa shape index (κ3) is 3.31. The molecule has 2 aromatic carbocycles. The molecule has 0 radical (unpaired) electrons. The Bertz CT molecular complexity index is 1280. The number of thiazole rings is 1. The Hall–Kier alpha value is -3.44. The Kier molecular flexibility index (Phi) is 4.63. The molecule has 0 bridgehead atoms. The molecule has 1 aromatic heterocycles. The smallest absolute Gasteiger partial charge is 0.317 e. The molecular formula is C20H13N3O6S2. The van der Waals surface area contributed by atoms with Crippen LogP contribution >= 0.6 is 23.1 Å². The topological polar surface area (TPSA) is 131 Å². The molecule has 0 unspecified atom stereocenters. The van der Waals surface area contributed by atoms with Gasteiger partial charge in [-0.15, -0.1) is 0 Å². The number of H-pyrrole nitrogens is 1. The second-order valence-electron chi connectivity index (χ2n) is 7.00. The number of carbonyl (C=O) groups excluding carboxylic acids is 2. The summed E-state index contributed by atoms with van der Waals surface area (Å²) in [7, 11) is 0. The number of para-hydroxylation sites is 1. The number of ether oxygens (including phenoxy) is 1. The van der Waals surface area contributed by atoms with Crippen molar-refractivity contribution in [2.45, 2.75) is 16.2 Å². The fourth-order valence-corrected chi connectivity index (χ4v) is 6.31. The number of nitrogens with one attached hydrogen (secondary N) is 2. The summed E-state index contributed by atoms with van der Waals surface area (Å²) in [6, 6.07) is 12.5. The molecule has 2 aliphatic rings. The Morgan fingerprint density at radius 1 is 1.13 bits per heavy atom. The van der Waals surface area contributed by atoms with Crippen molar-refractivity contribution < 1.29 is 19.2 Å². The summed E-state index contributed by atoms with van der Waals surface area (Å²) in [5.74, 6) is -1.88. The number of amides is 1. The van der Waals surface area contributed by atoms with E-state index >= 15 is 0 Å². The lowest BCUT2D eigenvalue weighted by Crippen LogP contribution is -2.46. The molecule has 2 N–H and O–H groups in total. The van der Waals surface area contributed by atoms with Crippen molar-refractivity contribution in [1.82, 2.24) is 4.98 Å². The molecule has 3 atom stereocenters. The molecular weight excluding hydrogens is 442 g/mol. The van der Waals surface area contributed by atoms with Crippen molar-refractivity contribution in [2.75, 3.05) is 5.32 Å². The van der Waals surface area contributed by atoms with Gasteiger partial charge in [-0.05, 0) is 18.2 Å². The molecule has 156 valence electrons. The summed E-state index contributed by atoms with van der Waals surface area (Å²) >= 11 is 2.14. The number of nitro groups is 1. The number of aromatic amines is 1. The molecule has 2 aliphatic heterocycles. The van der Waals surface area contributed by atoms with Crippen molar-refractivity contribution in [1.29, 1.82) is 0 Å². The monoisotopic (exact) mass is 455 g/mol. The second kappa shape index (κ2) is 7.36. The number of hydrogen-bond donors (Lipinski definition) is 2. The van der Waals surface area contributed by atoms with Gasteiger partial charge in [0.15, 0.2) is 0 Å². The third-order valence-corrected chi connectivity index (χ3v) is 7.61. The van der Waals surface area contributed by atoms with Crippen LogP contribution in [-0.4, -0.2) is 27.0 Å². The predicted octanol–water partition coefficient (Wildman–Crippen LogP) is 3.12. The number of non-ortho nitro benzene ring substituents is 1. The van der Waals surface area contributed by atoms with E-state index in [9.17, 15) is 24.5 Å². The van der Waals surface area contributed by atoms with Crippen LogP contribution in [-0.2, 0) is 9.59 Å². The van der Waals surface area contributed by atoms with Gasteiger partial charge in [-0.3, -0.25) is 24.5 Å². The number of fused-ring (bicyclic) bond motifs is 5. The van der Waals surface area contributed by atoms with E-state index in [0.717, 1.165) is 28.7 Å². The number of aromatic nitrogens is 1. The summed E-state index contributed by atoms with van der Waals surface area (Å²) in [5.41, 5.74) is 1.01. The quantitative estimate of drug-likeness (QED) is 0.268. The van der Waals surface area contributed by atoms with Gasteiger partial charge in [-0.1, -0.05) is 41.3 Å². The van der Waals surface area contributed by atoms with Gasteiger partial charge in [-0.2, -0.15) is 0 Å². The van der Waals surface area contributed by atoms with Gasteiger partial charge in [-0.25, -0.2) is 0 Å². The van der Waals surface area contributed by atoms with Gasteiger partial charge in [0.05, 0.1) is 15.9 Å². The lowest BCUT2D eigenvalue weighted by Gasteiger charge is -2.38. The largest absolute Gasteiger partial charge is 0.426 e. The van der Waals surface area contributed by atoms with E-state index in [1.807, 2.05) is 12.1 Å². The van der Waals surface area contributed by atoms with E-state index in [-0.39, 0.29) is 10.6 Å². The molecule has 11 heteroatoms. The van der Waals surface area contributed by atoms with Crippen LogP contribution in [0, 0.1) is 16.0 Å². The summed E-state index contributed by atoms with van der Waals surface area (Å²) in [6.07, 6.45) is 0. The summed E-state index contributed by atoms with van der Waals surface area (Å²) in [4.78, 5) is 51.6. The molecule has 31 heavy (non-hydrogen) atoms. The molecule has 0 spiro atoms. The van der Waals surface area contributed by atoms with Gasteiger partial charge < -0.3 is 15.0 Å². The molecule has 0 saturated carbocycles. The molecule has 0 saturated heterocycles. The fraction of sp³-hybridized carbons (Fsp3) is 0.150. The highest BCUT2D eigenvalue weighted by Crippen LogP contribution is 2.53. The molecule has 1 amide bonds. The predicted molar refractivity (Wildman–Crippen MR) is 114 cm³/mol. The molecule has 3 heterocycles. The van der Waals surface area contributed by atoms with Gasteiger partial charge >= 0.3 is 10.8 Å². The van der Waals surface area contributed by atoms with Crippen LogP contribution in [0.15, 0.2) is 58.4 Å². The minimum atomic E-state index is -0.862. The van der Waals surface area contributed by atoms with Crippen molar-refractivity contribution in [2.24, 2.45) is 5.92 Å². The number of nitrogens with zero attached hydrogens (tertiary/aromatic N) is 1. The summed E-state index contributed by atoms with van der Waals surface area (Å²) in [6.45, 7) is 0. The highest BCUT2D eigenvalue weighted by molar-refractivity contribution is 8.00. The number of hydrogen-bond acceptors (Lipinski definition) is 8. The summed E-state index contributed by atoms with van der Waals surface area (Å²) < 4.78 is 5.50. The second-order valence-corrected chi connectivity index (χ2v) is 9.17. The lowest BCUT2D eigenvalue weighted by atomic mass is 9.80. The van der Waals surface area contributed by atoms with Gasteiger partial charge in [0.2, 0.25) is 5.91 Å². The zero-order chi connectivity index (χ0) is 21.7. The van der Waals surface area contributed by atoms with Crippen LogP contribution < -0.4 is 14.9 Å². The highest BCUT2D eigenvalue weighted by Gasteiger charge is 2.51. The average molecular weight is 455 g/mol. The summed E-state index contributed by atoms with van der Waals surface area (Å²) in [5, 5.41) is 13.2. The van der Waals surface area contributed by atoms with Crippen molar-refractivity contribution >= 4 is 46.3 Å². The Labute approximate surface area is 182 Å². The number of benzene rings is 2. The van der Waals surface area contributed by atoms with Gasteiger partial charge in [0, 0.05) is 34.2 Å². The number of esters is 1. The minimum Gasteiger partial charge on any atom is -0.426 e. The normalized spacial score (nSPS) is 21.3. The number of nitro benzene ring substituents is 1. The highest BCUT2D eigenvalue weighted by atomic mass is 32.2. The maximum absolute atomic E-state index is 13.2. The maximum atomic E-state index is 13.2. The number of thioether (sulfide) groups is 1. The van der Waals surface area contributed by atoms with Crippen LogP contribution in [0.3, 0.4) is 0 Å². The maximum Gasteiger partial charge on any atom is 0.317 e. The Balaban J connectivity index is 1.52. The number of anilines is 1. The van der Waals surface area contributed by atoms with Crippen LogP contribution in [0.4, 0.5) is 11.4 Å². The van der Waals surface area contributed by atoms with Crippen molar-refractivity contribution in [3.8, 4) is 5.75 Å². The average Bonchev–Trinajstić information content (AvgIpc) is 3.13. The van der Waals surface area contributed by atoms with E-state index in [2.05, 4.69) is 10.3 Å². The van der Waals surface area contributed by atoms with Gasteiger partial charge in [0.1, 0.15) is 11.0 Å². The van der Waals surface area contributed by atoms with E-state index < -0.39 is 33.9 Å². The molecule has 3 aromatic rings. The Morgan fingerprint density at radius 2 is 1.87 bits per heavy atom. The first kappa shape index (κ1) is 19.5.